The molecule has 0 radical (unpaired) electrons. The molecule has 22 N–H and O–H groups in total. The minimum atomic E-state index is -5.08. The smallest absolute Gasteiger partial charge is 0.488 e. The Labute approximate surface area is 662 Å². The number of nitrogens with zero attached hydrogens (tertiary/aromatic N) is 1. The molecule has 1 aliphatic heterocycles. The first-order chi connectivity index (χ1) is 53.5. The number of halogens is 3. The number of guanidine groups is 1. The van der Waals surface area contributed by atoms with Crippen LogP contribution in [0.5, 0.6) is 5.75 Å². The van der Waals surface area contributed by atoms with Crippen LogP contribution in [-0.4, -0.2) is 230 Å². The zero-order valence-electron chi connectivity index (χ0n) is 66.3. The van der Waals surface area contributed by atoms with Gasteiger partial charge in [0, 0.05) is 19.4 Å². The van der Waals surface area contributed by atoms with Crippen LogP contribution in [0.1, 0.15) is 138 Å². The quantitative estimate of drug-likeness (QED) is 0.0195. The maximum absolute atomic E-state index is 15.9. The summed E-state index contributed by atoms with van der Waals surface area (Å²) in [4.78, 5) is 201. The fourth-order valence-corrected chi connectivity index (χ4v) is 10.9. The first-order valence-electron chi connectivity index (χ1n) is 36.8. The van der Waals surface area contributed by atoms with E-state index in [0.29, 0.717) is 16.9 Å². The second-order valence-electron chi connectivity index (χ2n) is 29.9. The number of carbonyl (C=O) groups is 14. The lowest BCUT2D eigenvalue weighted by Gasteiger charge is -2.33. The number of aliphatic carboxylic acids is 1. The number of carboxylic acids is 1. The summed E-state index contributed by atoms with van der Waals surface area (Å²) in [6.07, 6.45) is -15.3. The molecule has 3 aromatic rings. The van der Waals surface area contributed by atoms with E-state index in [0.717, 1.165) is 6.92 Å². The minimum absolute atomic E-state index is 0.0160. The fraction of sp³-hybridized carbons (Fsp3) is 0.560. The van der Waals surface area contributed by atoms with Crippen LogP contribution in [0.3, 0.4) is 0 Å². The van der Waals surface area contributed by atoms with Gasteiger partial charge in [-0.2, -0.15) is 13.2 Å². The fourth-order valence-electron chi connectivity index (χ4n) is 10.9. The van der Waals surface area contributed by atoms with Crippen molar-refractivity contribution < 1.29 is 120 Å². The summed E-state index contributed by atoms with van der Waals surface area (Å²) in [5, 5.41) is 78.8. The van der Waals surface area contributed by atoms with Crippen molar-refractivity contribution in [1.29, 1.82) is 0 Å². The standard InChI is InChI=1S/C73H109N15O20.C2HF3O2/c1-14-39(6)51-65(100)86-52(40(7)90)64(99)78-35-50(91)84-54(57(93)59(74)94)67(102)82-49(36-89)69(104)106-58(43-24-19-16-20-25-43)55(68(103)87-53(56(92)38(4)5)66(101)81-46(32-37(2)3)61(96)79-45(60(95)85-51)26-21-31-77-70(75)76)88-63(98)47(34-42-27-29-44(30-28-42)107-72(8,9)10)80-62(97)48(33-41-22-17-15-18-23-41)83-71(105)108-73(11,12)13;3-2(4,5)1(6)7/h15-20,22-25,27-30,37-40,45-49,51-58,89-90,92-93H,14,21,26,31-36H2,1-13H3,(H2,74,94)(H,78,99)(H,79,96)(H,80,97)(H,81,101)(H,82,102)(H,83,105)(H,84,91)(H,85,95)(H,86,100)(H,87,103)(H,88,98)(H4,75,76,77);(H,6,7)/t39-,40-,45+,46-,47-,48+,49-,51-,52-,53-,54-,55-,56+,57-,58+;/m0./s1. The lowest BCUT2D eigenvalue weighted by molar-refractivity contribution is -0.192. The normalized spacial score (nSPS) is 21.9. The molecule has 115 heavy (non-hydrogen) atoms. The van der Waals surface area contributed by atoms with Crippen LogP contribution in [0.25, 0.3) is 0 Å². The van der Waals surface area contributed by atoms with Crippen molar-refractivity contribution in [2.75, 3.05) is 19.7 Å². The minimum Gasteiger partial charge on any atom is -0.488 e. The summed E-state index contributed by atoms with van der Waals surface area (Å²) >= 11 is 0. The number of primary amides is 1. The summed E-state index contributed by atoms with van der Waals surface area (Å²) in [5.41, 5.74) is 15.6. The molecule has 40 heteroatoms. The number of esters is 1. The van der Waals surface area contributed by atoms with Gasteiger partial charge in [0.15, 0.2) is 24.2 Å². The molecule has 1 saturated heterocycles. The summed E-state index contributed by atoms with van der Waals surface area (Å²) in [5.74, 6) is -20.1. The topological polar surface area (TPSA) is 591 Å². The zero-order chi connectivity index (χ0) is 87.2. The summed E-state index contributed by atoms with van der Waals surface area (Å²) < 4.78 is 49.4. The van der Waals surface area contributed by atoms with Crippen molar-refractivity contribution in [3.63, 3.8) is 0 Å². The van der Waals surface area contributed by atoms with Crippen LogP contribution in [0.4, 0.5) is 18.0 Å². The third-order valence-corrected chi connectivity index (χ3v) is 17.0. The monoisotopic (exact) mass is 1630 g/mol. The van der Waals surface area contributed by atoms with Gasteiger partial charge in [-0.05, 0) is 114 Å². The van der Waals surface area contributed by atoms with E-state index in [2.05, 4.69) is 52.8 Å². The van der Waals surface area contributed by atoms with Crippen LogP contribution < -0.4 is 80.4 Å². The van der Waals surface area contributed by atoms with Gasteiger partial charge < -0.3 is 115 Å². The number of carbonyl (C=O) groups excluding carboxylic acids is 13. The number of nitrogens with one attached hydrogen (secondary N) is 11. The number of aliphatic imine (C=N–C) groups is 1. The third kappa shape index (κ3) is 34.1. The second-order valence-corrected chi connectivity index (χ2v) is 29.9. The Hall–Kier alpha value is -11.3. The molecular formula is C75H110F3N15O22. The highest BCUT2D eigenvalue weighted by atomic mass is 19.4. The average Bonchev–Trinajstić information content (AvgIpc) is 0.809. The summed E-state index contributed by atoms with van der Waals surface area (Å²) in [6, 6.07) is 2.65. The Balaban J connectivity index is 0.00000465. The van der Waals surface area contributed by atoms with E-state index in [1.807, 2.05) is 31.4 Å². The number of amides is 12. The molecule has 0 bridgehead atoms. The van der Waals surface area contributed by atoms with Gasteiger partial charge in [-0.1, -0.05) is 121 Å². The Kier molecular flexibility index (Phi) is 38.8. The van der Waals surface area contributed by atoms with Gasteiger partial charge in [-0.25, -0.2) is 14.4 Å². The molecular weight excluding hydrogens is 1520 g/mol. The number of hydrogen-bond donors (Lipinski definition) is 19. The molecule has 638 valence electrons. The number of alkyl carbamates (subject to hydrolysis) is 1. The molecule has 1 fully saturated rings. The van der Waals surface area contributed by atoms with E-state index in [4.69, 9.17) is 41.3 Å². The molecule has 0 aliphatic carbocycles. The van der Waals surface area contributed by atoms with E-state index < -0.39 is 223 Å². The van der Waals surface area contributed by atoms with E-state index >= 15 is 14.4 Å². The van der Waals surface area contributed by atoms with E-state index in [-0.39, 0.29) is 50.2 Å². The average molecular weight is 1630 g/mol. The van der Waals surface area contributed by atoms with Crippen LogP contribution in [0, 0.1) is 17.8 Å². The second kappa shape index (κ2) is 45.6. The molecule has 12 amide bonds. The zero-order valence-corrected chi connectivity index (χ0v) is 66.3. The van der Waals surface area contributed by atoms with Gasteiger partial charge in [0.05, 0.1) is 25.4 Å². The van der Waals surface area contributed by atoms with Crippen molar-refractivity contribution in [2.45, 2.75) is 231 Å². The number of cyclic esters (lactones) is 1. The Morgan fingerprint density at radius 3 is 1.62 bits per heavy atom. The summed E-state index contributed by atoms with van der Waals surface area (Å²) in [6.45, 7) is 18.3. The van der Waals surface area contributed by atoms with Gasteiger partial charge in [-0.3, -0.25) is 57.7 Å². The van der Waals surface area contributed by atoms with E-state index in [1.54, 1.807) is 103 Å². The molecule has 1 heterocycles. The Bertz CT molecular complexity index is 3820. The number of aliphatic hydroxyl groups excluding tert-OH is 4. The molecule has 1 aliphatic rings. The largest absolute Gasteiger partial charge is 0.490 e. The highest BCUT2D eigenvalue weighted by molar-refractivity contribution is 6.00. The molecule has 0 saturated carbocycles. The number of rotatable bonds is 25. The first-order valence-corrected chi connectivity index (χ1v) is 36.8. The lowest BCUT2D eigenvalue weighted by atomic mass is 9.95. The van der Waals surface area contributed by atoms with Crippen LogP contribution >= 0.6 is 0 Å². The molecule has 4 rings (SSSR count). The molecule has 0 spiro atoms. The lowest BCUT2D eigenvalue weighted by Crippen LogP contribution is -2.64. The maximum Gasteiger partial charge on any atom is 0.490 e. The molecule has 37 nitrogen and oxygen atoms in total. The van der Waals surface area contributed by atoms with Crippen molar-refractivity contribution in [3.05, 3.63) is 102 Å². The van der Waals surface area contributed by atoms with Gasteiger partial charge >= 0.3 is 24.2 Å². The highest BCUT2D eigenvalue weighted by Crippen LogP contribution is 2.26. The van der Waals surface area contributed by atoms with Crippen LogP contribution in [0.2, 0.25) is 0 Å². The van der Waals surface area contributed by atoms with Gasteiger partial charge in [0.2, 0.25) is 65.0 Å². The van der Waals surface area contributed by atoms with E-state index in [9.17, 15) is 81.5 Å². The number of aliphatic hydroxyl groups is 4. The van der Waals surface area contributed by atoms with Gasteiger partial charge in [-0.15, -0.1) is 0 Å². The number of nitrogens with two attached hydrogens (primary N) is 3. The molecule has 3 aromatic carbocycles. The van der Waals surface area contributed by atoms with Gasteiger partial charge in [0.25, 0.3) is 0 Å². The maximum atomic E-state index is 15.9. The molecule has 0 unspecified atom stereocenters. The number of ether oxygens (including phenoxy) is 3. The molecule has 0 aromatic heterocycles. The highest BCUT2D eigenvalue weighted by Gasteiger charge is 2.45. The number of hydrogen-bond acceptors (Lipinski definition) is 22. The number of carboxylic acid groups (broad SMARTS) is 1. The Morgan fingerprint density at radius 2 is 1.11 bits per heavy atom. The van der Waals surface area contributed by atoms with Crippen molar-refractivity contribution in [2.24, 2.45) is 39.9 Å². The number of benzene rings is 3. The van der Waals surface area contributed by atoms with Crippen LogP contribution in [0.15, 0.2) is 89.9 Å². The number of alkyl halides is 3. The molecule has 15 atom stereocenters. The van der Waals surface area contributed by atoms with Crippen molar-refractivity contribution in [3.8, 4) is 5.75 Å². The van der Waals surface area contributed by atoms with E-state index in [1.165, 1.54) is 44.2 Å². The van der Waals surface area contributed by atoms with Gasteiger partial charge in [0.1, 0.15) is 71.3 Å². The third-order valence-electron chi connectivity index (χ3n) is 17.0. The Morgan fingerprint density at radius 1 is 0.609 bits per heavy atom. The van der Waals surface area contributed by atoms with Crippen molar-refractivity contribution in [1.82, 2.24) is 58.5 Å². The van der Waals surface area contributed by atoms with Crippen molar-refractivity contribution >= 4 is 89.0 Å². The SMILES string of the molecule is CC[C@H](C)[C@@H]1NC(=O)[C@@H](CCCN=C(N)N)NC(=O)[C@H](CC(C)C)NC(=O)[C@H]([C@H](O)C(C)C)NC(=O)[C@@H](NC(=O)[C@H](Cc2ccc(OC(C)(C)C)cc2)NC(=O)[C@@H](Cc2ccccc2)NC(=O)OC(C)(C)C)[C@@H](c2ccccc2)OC(=O)[C@H](CO)NC(=O)[C@H]([C@H](O)C(N)=O)NC(=O)CNC(=O)[C@H]([C@H](C)O)NC1=O.O=C(O)C(F)(F)F. The summed E-state index contributed by atoms with van der Waals surface area (Å²) in [7, 11) is 0. The first kappa shape index (κ1) is 97.9. The predicted octanol–water partition coefficient (Wildman–Crippen LogP) is -1.66. The van der Waals surface area contributed by atoms with Crippen LogP contribution in [-0.2, 0) is 84.6 Å². The predicted molar refractivity (Wildman–Crippen MR) is 407 cm³/mol.